The van der Waals surface area contributed by atoms with E-state index in [1.165, 1.54) is 42.8 Å². The fourth-order valence-corrected chi connectivity index (χ4v) is 5.00. The Hall–Kier alpha value is -3.02. The molecule has 1 aliphatic rings. The maximum atomic E-state index is 12.8. The van der Waals surface area contributed by atoms with Crippen molar-refractivity contribution in [3.63, 3.8) is 0 Å². The summed E-state index contributed by atoms with van der Waals surface area (Å²) in [5, 5.41) is 3.03. The Morgan fingerprint density at radius 1 is 1.00 bits per heavy atom. The van der Waals surface area contributed by atoms with E-state index in [0.29, 0.717) is 35.1 Å². The molecular weight excluding hydrogens is 472 g/mol. The number of nitrogens with zero attached hydrogens (tertiary/aromatic N) is 1. The van der Waals surface area contributed by atoms with Crippen molar-refractivity contribution >= 4 is 39.2 Å². The van der Waals surface area contributed by atoms with Gasteiger partial charge in [0.15, 0.2) is 0 Å². The van der Waals surface area contributed by atoms with Crippen LogP contribution in [-0.2, 0) is 14.8 Å². The highest BCUT2D eigenvalue weighted by Gasteiger charge is 2.32. The third kappa shape index (κ3) is 6.06. The smallest absolute Gasteiger partial charge is 0.338 e. The molecule has 3 N–H and O–H groups in total. The largest absolute Gasteiger partial charge is 0.497 e. The van der Waals surface area contributed by atoms with Gasteiger partial charge in [0.05, 0.1) is 24.8 Å². The number of hydrazine groups is 1. The molecule has 0 atom stereocenters. The van der Waals surface area contributed by atoms with Crippen LogP contribution in [0.4, 0.5) is 10.5 Å². The SMILES string of the molecule is COc1ccc(OC)c(NC(=O)NNC(=O)C2CCN(S(=O)(=O)c3ccc(Cl)cc3)CC2)c1. The van der Waals surface area contributed by atoms with Crippen LogP contribution in [0.5, 0.6) is 11.5 Å². The van der Waals surface area contributed by atoms with E-state index in [2.05, 4.69) is 16.2 Å². The monoisotopic (exact) mass is 496 g/mol. The molecule has 0 saturated carbocycles. The Balaban J connectivity index is 1.50. The molecule has 1 aliphatic heterocycles. The summed E-state index contributed by atoms with van der Waals surface area (Å²) >= 11 is 5.83. The number of ether oxygens (including phenoxy) is 2. The molecule has 0 bridgehead atoms. The Morgan fingerprint density at radius 3 is 2.27 bits per heavy atom. The number of amides is 3. The van der Waals surface area contributed by atoms with Gasteiger partial charge in [0.25, 0.3) is 0 Å². The molecule has 0 radical (unpaired) electrons. The molecule has 0 spiro atoms. The van der Waals surface area contributed by atoms with Gasteiger partial charge in [-0.25, -0.2) is 18.6 Å². The second-order valence-corrected chi connectivity index (χ2v) is 9.64. The molecule has 2 aromatic carbocycles. The maximum absolute atomic E-state index is 12.8. The number of sulfonamides is 1. The lowest BCUT2D eigenvalue weighted by Gasteiger charge is -2.30. The Bertz CT molecular complexity index is 1100. The summed E-state index contributed by atoms with van der Waals surface area (Å²) in [6, 6.07) is 10.2. The molecule has 178 valence electrons. The first-order chi connectivity index (χ1) is 15.7. The lowest BCUT2D eigenvalue weighted by atomic mass is 9.98. The zero-order valence-corrected chi connectivity index (χ0v) is 19.7. The predicted octanol–water partition coefficient (Wildman–Crippen LogP) is 2.61. The molecule has 1 saturated heterocycles. The second kappa shape index (κ2) is 10.7. The van der Waals surface area contributed by atoms with Crippen LogP contribution in [0, 0.1) is 5.92 Å². The Kier molecular flexibility index (Phi) is 8.01. The van der Waals surface area contributed by atoms with Gasteiger partial charge in [-0.05, 0) is 49.2 Å². The van der Waals surface area contributed by atoms with Crippen LogP contribution >= 0.6 is 11.6 Å². The normalized spacial score (nSPS) is 14.9. The molecular formula is C21H25ClN4O6S. The highest BCUT2D eigenvalue weighted by atomic mass is 35.5. The van der Waals surface area contributed by atoms with Crippen molar-refractivity contribution in [1.29, 1.82) is 0 Å². The van der Waals surface area contributed by atoms with Crippen molar-refractivity contribution < 1.29 is 27.5 Å². The van der Waals surface area contributed by atoms with Gasteiger partial charge in [0.2, 0.25) is 15.9 Å². The zero-order chi connectivity index (χ0) is 24.0. The summed E-state index contributed by atoms with van der Waals surface area (Å²) < 4.78 is 37.2. The number of anilines is 1. The van der Waals surface area contributed by atoms with Crippen LogP contribution in [0.3, 0.4) is 0 Å². The van der Waals surface area contributed by atoms with E-state index in [0.717, 1.165) is 0 Å². The van der Waals surface area contributed by atoms with Crippen molar-refractivity contribution in [2.45, 2.75) is 17.7 Å². The number of urea groups is 1. The number of carbonyl (C=O) groups excluding carboxylic acids is 2. The highest BCUT2D eigenvalue weighted by molar-refractivity contribution is 7.89. The van der Waals surface area contributed by atoms with E-state index in [1.807, 2.05) is 0 Å². The lowest BCUT2D eigenvalue weighted by Crippen LogP contribution is -2.49. The van der Waals surface area contributed by atoms with Crippen molar-refractivity contribution in [2.75, 3.05) is 32.6 Å². The molecule has 3 rings (SSSR count). The molecule has 1 heterocycles. The third-order valence-electron chi connectivity index (χ3n) is 5.23. The van der Waals surface area contributed by atoms with Gasteiger partial charge in [0.1, 0.15) is 11.5 Å². The van der Waals surface area contributed by atoms with Gasteiger partial charge < -0.3 is 14.8 Å². The van der Waals surface area contributed by atoms with Crippen LogP contribution in [0.15, 0.2) is 47.4 Å². The van der Waals surface area contributed by atoms with Crippen LogP contribution < -0.4 is 25.6 Å². The first kappa shape index (κ1) is 24.6. The van der Waals surface area contributed by atoms with E-state index in [9.17, 15) is 18.0 Å². The molecule has 12 heteroatoms. The zero-order valence-electron chi connectivity index (χ0n) is 18.1. The average molecular weight is 497 g/mol. The summed E-state index contributed by atoms with van der Waals surface area (Å²) in [6.45, 7) is 0.381. The number of benzene rings is 2. The van der Waals surface area contributed by atoms with Gasteiger partial charge in [-0.15, -0.1) is 0 Å². The highest BCUT2D eigenvalue weighted by Crippen LogP contribution is 2.29. The summed E-state index contributed by atoms with van der Waals surface area (Å²) in [5.41, 5.74) is 5.04. The number of rotatable bonds is 6. The van der Waals surface area contributed by atoms with E-state index in [4.69, 9.17) is 21.1 Å². The summed E-state index contributed by atoms with van der Waals surface area (Å²) in [7, 11) is -0.697. The fraction of sp³-hybridized carbons (Fsp3) is 0.333. The Labute approximate surface area is 197 Å². The minimum atomic E-state index is -3.66. The topological polar surface area (TPSA) is 126 Å². The number of hydrogen-bond donors (Lipinski definition) is 3. The number of halogens is 1. The molecule has 3 amide bonds. The summed E-state index contributed by atoms with van der Waals surface area (Å²) in [5.74, 6) is 0.113. The van der Waals surface area contributed by atoms with E-state index < -0.39 is 27.9 Å². The van der Waals surface area contributed by atoms with Crippen LogP contribution in [0.25, 0.3) is 0 Å². The molecule has 2 aromatic rings. The maximum Gasteiger partial charge on any atom is 0.338 e. The average Bonchev–Trinajstić information content (AvgIpc) is 2.82. The van der Waals surface area contributed by atoms with Gasteiger partial charge in [-0.2, -0.15) is 4.31 Å². The quantitative estimate of drug-likeness (QED) is 0.528. The van der Waals surface area contributed by atoms with Crippen LogP contribution in [0.2, 0.25) is 5.02 Å². The first-order valence-electron chi connectivity index (χ1n) is 10.1. The number of methoxy groups -OCH3 is 2. The van der Waals surface area contributed by atoms with Gasteiger partial charge in [0, 0.05) is 30.1 Å². The van der Waals surface area contributed by atoms with Crippen molar-refractivity contribution in [1.82, 2.24) is 15.2 Å². The van der Waals surface area contributed by atoms with Crippen molar-refractivity contribution in [2.24, 2.45) is 5.92 Å². The van der Waals surface area contributed by atoms with Gasteiger partial charge in [-0.3, -0.25) is 10.2 Å². The minimum Gasteiger partial charge on any atom is -0.497 e. The van der Waals surface area contributed by atoms with E-state index in [1.54, 1.807) is 18.2 Å². The van der Waals surface area contributed by atoms with E-state index >= 15 is 0 Å². The molecule has 33 heavy (non-hydrogen) atoms. The molecule has 0 aromatic heterocycles. The van der Waals surface area contributed by atoms with Gasteiger partial charge >= 0.3 is 6.03 Å². The number of carbonyl (C=O) groups is 2. The van der Waals surface area contributed by atoms with Gasteiger partial charge in [-0.1, -0.05) is 11.6 Å². The number of nitrogens with one attached hydrogen (secondary N) is 3. The van der Waals surface area contributed by atoms with Crippen molar-refractivity contribution in [3.8, 4) is 11.5 Å². The summed E-state index contributed by atoms with van der Waals surface area (Å²) in [4.78, 5) is 24.8. The number of hydrogen-bond acceptors (Lipinski definition) is 6. The first-order valence-corrected chi connectivity index (χ1v) is 11.9. The fourth-order valence-electron chi connectivity index (χ4n) is 3.40. The third-order valence-corrected chi connectivity index (χ3v) is 7.40. The molecule has 0 unspecified atom stereocenters. The van der Waals surface area contributed by atoms with Crippen LogP contribution in [0.1, 0.15) is 12.8 Å². The minimum absolute atomic E-state index is 0.154. The van der Waals surface area contributed by atoms with E-state index in [-0.39, 0.29) is 18.0 Å². The molecule has 10 nitrogen and oxygen atoms in total. The Morgan fingerprint density at radius 2 is 1.67 bits per heavy atom. The molecule has 0 aliphatic carbocycles. The van der Waals surface area contributed by atoms with Crippen LogP contribution in [-0.4, -0.2) is 52.0 Å². The predicted molar refractivity (Wildman–Crippen MR) is 123 cm³/mol. The number of piperidine rings is 1. The standard InChI is InChI=1S/C21H25ClN4O6S/c1-31-16-5-8-19(32-2)18(13-16)23-21(28)25-24-20(27)14-9-11-26(12-10-14)33(29,30)17-6-3-15(22)4-7-17/h3-8,13-14H,9-12H2,1-2H3,(H,24,27)(H2,23,25,28). The second-order valence-electron chi connectivity index (χ2n) is 7.27. The lowest BCUT2D eigenvalue weighted by molar-refractivity contribution is -0.126. The summed E-state index contributed by atoms with van der Waals surface area (Å²) in [6.07, 6.45) is 0.650. The molecule has 1 fully saturated rings. The van der Waals surface area contributed by atoms with Crippen molar-refractivity contribution in [3.05, 3.63) is 47.5 Å².